The van der Waals surface area contributed by atoms with Crippen LogP contribution in [0.1, 0.15) is 48.7 Å². The van der Waals surface area contributed by atoms with Gasteiger partial charge < -0.3 is 10.6 Å². The fraction of sp³-hybridized carbons (Fsp3) is 0.350. The zero-order chi connectivity index (χ0) is 18.3. The van der Waals surface area contributed by atoms with E-state index in [4.69, 9.17) is 0 Å². The van der Waals surface area contributed by atoms with Crippen molar-refractivity contribution in [2.24, 2.45) is 0 Å². The molecule has 0 saturated carbocycles. The molecule has 0 aliphatic heterocycles. The molecule has 1 heterocycles. The van der Waals surface area contributed by atoms with Gasteiger partial charge in [-0.15, -0.1) is 0 Å². The summed E-state index contributed by atoms with van der Waals surface area (Å²) in [6.07, 6.45) is 3.64. The maximum Gasteiger partial charge on any atom is 0.251 e. The van der Waals surface area contributed by atoms with E-state index in [1.807, 2.05) is 36.4 Å². The van der Waals surface area contributed by atoms with Crippen LogP contribution in [-0.2, 0) is 16.8 Å². The third-order valence-corrected chi connectivity index (χ3v) is 3.86. The summed E-state index contributed by atoms with van der Waals surface area (Å²) in [4.78, 5) is 27.9. The molecule has 2 N–H and O–H groups in total. The molecule has 1 aromatic carbocycles. The minimum absolute atomic E-state index is 0.0569. The standard InChI is InChI=1S/C20H25N3O2/c1-20(2,3)17-8-6-16(7-9-17)19(25)22-12-10-18(24)23-14-15-5-4-11-21-13-15/h4-9,11,13H,10,12,14H2,1-3H3,(H,22,25)(H,23,24). The molecule has 0 unspecified atom stereocenters. The number of rotatable bonds is 6. The molecule has 132 valence electrons. The zero-order valence-corrected chi connectivity index (χ0v) is 15.0. The predicted molar refractivity (Wildman–Crippen MR) is 98.2 cm³/mol. The van der Waals surface area contributed by atoms with Crippen molar-refractivity contribution in [1.29, 1.82) is 0 Å². The molecule has 5 nitrogen and oxygen atoms in total. The average Bonchev–Trinajstić information content (AvgIpc) is 2.60. The molecule has 0 atom stereocenters. The van der Waals surface area contributed by atoms with Crippen molar-refractivity contribution in [1.82, 2.24) is 15.6 Å². The van der Waals surface area contributed by atoms with E-state index in [1.54, 1.807) is 12.4 Å². The smallest absolute Gasteiger partial charge is 0.251 e. The topological polar surface area (TPSA) is 71.1 Å². The lowest BCUT2D eigenvalue weighted by Gasteiger charge is -2.19. The Balaban J connectivity index is 1.73. The minimum atomic E-state index is -0.166. The summed E-state index contributed by atoms with van der Waals surface area (Å²) >= 11 is 0. The molecule has 1 aromatic heterocycles. The number of carbonyl (C=O) groups excluding carboxylic acids is 2. The van der Waals surface area contributed by atoms with Gasteiger partial charge in [0.25, 0.3) is 5.91 Å². The highest BCUT2D eigenvalue weighted by Crippen LogP contribution is 2.22. The molecule has 0 spiro atoms. The molecule has 0 aliphatic rings. The first-order valence-corrected chi connectivity index (χ1v) is 8.40. The summed E-state index contributed by atoms with van der Waals surface area (Å²) in [5, 5.41) is 5.58. The van der Waals surface area contributed by atoms with Crippen LogP contribution in [0.15, 0.2) is 48.8 Å². The maximum absolute atomic E-state index is 12.1. The number of nitrogens with zero attached hydrogens (tertiary/aromatic N) is 1. The lowest BCUT2D eigenvalue weighted by atomic mass is 9.87. The van der Waals surface area contributed by atoms with Crippen LogP contribution in [0.4, 0.5) is 0 Å². The van der Waals surface area contributed by atoms with Gasteiger partial charge in [0.05, 0.1) is 0 Å². The molecular formula is C20H25N3O2. The van der Waals surface area contributed by atoms with Crippen molar-refractivity contribution in [2.75, 3.05) is 6.54 Å². The van der Waals surface area contributed by atoms with Gasteiger partial charge in [0.1, 0.15) is 0 Å². The van der Waals surface area contributed by atoms with Crippen molar-refractivity contribution in [3.63, 3.8) is 0 Å². The van der Waals surface area contributed by atoms with Crippen molar-refractivity contribution in [2.45, 2.75) is 39.2 Å². The third kappa shape index (κ3) is 6.03. The van der Waals surface area contributed by atoms with Crippen LogP contribution in [0.5, 0.6) is 0 Å². The van der Waals surface area contributed by atoms with Gasteiger partial charge in [-0.3, -0.25) is 14.6 Å². The number of hydrogen-bond donors (Lipinski definition) is 2. The summed E-state index contributed by atoms with van der Waals surface area (Å²) in [6, 6.07) is 11.3. The van der Waals surface area contributed by atoms with Crippen molar-refractivity contribution in [3.05, 3.63) is 65.5 Å². The Labute approximate surface area is 148 Å². The average molecular weight is 339 g/mol. The largest absolute Gasteiger partial charge is 0.352 e. The highest BCUT2D eigenvalue weighted by Gasteiger charge is 2.14. The summed E-state index contributed by atoms with van der Waals surface area (Å²) in [5.74, 6) is -0.271. The summed E-state index contributed by atoms with van der Waals surface area (Å²) < 4.78 is 0. The molecule has 2 aromatic rings. The molecule has 25 heavy (non-hydrogen) atoms. The third-order valence-electron chi connectivity index (χ3n) is 3.86. The van der Waals surface area contributed by atoms with Gasteiger partial charge in [-0.25, -0.2) is 0 Å². The van der Waals surface area contributed by atoms with Crippen LogP contribution >= 0.6 is 0 Å². The molecule has 0 bridgehead atoms. The highest BCUT2D eigenvalue weighted by atomic mass is 16.2. The van der Waals surface area contributed by atoms with E-state index in [-0.39, 0.29) is 23.7 Å². The lowest BCUT2D eigenvalue weighted by molar-refractivity contribution is -0.121. The Morgan fingerprint density at radius 1 is 1.04 bits per heavy atom. The molecule has 0 fully saturated rings. The maximum atomic E-state index is 12.1. The Hall–Kier alpha value is -2.69. The SMILES string of the molecule is CC(C)(C)c1ccc(C(=O)NCCC(=O)NCc2cccnc2)cc1. The van der Waals surface area contributed by atoms with Gasteiger partial charge >= 0.3 is 0 Å². The van der Waals surface area contributed by atoms with Gasteiger partial charge in [-0.05, 0) is 34.7 Å². The van der Waals surface area contributed by atoms with E-state index >= 15 is 0 Å². The fourth-order valence-electron chi connectivity index (χ4n) is 2.30. The van der Waals surface area contributed by atoms with Gasteiger partial charge in [0, 0.05) is 37.5 Å². The zero-order valence-electron chi connectivity index (χ0n) is 15.0. The second-order valence-corrected chi connectivity index (χ2v) is 6.97. The van der Waals surface area contributed by atoms with Crippen LogP contribution in [0.2, 0.25) is 0 Å². The normalized spacial score (nSPS) is 11.0. The number of carbonyl (C=O) groups is 2. The van der Waals surface area contributed by atoms with Crippen LogP contribution < -0.4 is 10.6 Å². The predicted octanol–water partition coefficient (Wildman–Crippen LogP) is 2.82. The first kappa shape index (κ1) is 18.6. The van der Waals surface area contributed by atoms with Crippen LogP contribution in [0.25, 0.3) is 0 Å². The van der Waals surface area contributed by atoms with Crippen LogP contribution in [-0.4, -0.2) is 23.3 Å². The Morgan fingerprint density at radius 3 is 2.36 bits per heavy atom. The first-order chi connectivity index (χ1) is 11.9. The molecule has 2 amide bonds. The second kappa shape index (κ2) is 8.42. The second-order valence-electron chi connectivity index (χ2n) is 6.97. The van der Waals surface area contributed by atoms with Crippen molar-refractivity contribution >= 4 is 11.8 Å². The summed E-state index contributed by atoms with van der Waals surface area (Å²) in [6.45, 7) is 7.14. The van der Waals surface area contributed by atoms with Crippen LogP contribution in [0, 0.1) is 0 Å². The van der Waals surface area contributed by atoms with E-state index in [1.165, 1.54) is 5.56 Å². The molecule has 5 heteroatoms. The molecule has 2 rings (SSSR count). The number of hydrogen-bond acceptors (Lipinski definition) is 3. The number of pyridine rings is 1. The minimum Gasteiger partial charge on any atom is -0.352 e. The van der Waals surface area contributed by atoms with E-state index in [0.717, 1.165) is 5.56 Å². The fourth-order valence-corrected chi connectivity index (χ4v) is 2.30. The van der Waals surface area contributed by atoms with Crippen LogP contribution in [0.3, 0.4) is 0 Å². The quantitative estimate of drug-likeness (QED) is 0.850. The van der Waals surface area contributed by atoms with Gasteiger partial charge in [-0.1, -0.05) is 39.0 Å². The van der Waals surface area contributed by atoms with Crippen molar-refractivity contribution in [3.8, 4) is 0 Å². The number of benzene rings is 1. The first-order valence-electron chi connectivity index (χ1n) is 8.40. The molecule has 0 saturated heterocycles. The van der Waals surface area contributed by atoms with E-state index in [9.17, 15) is 9.59 Å². The van der Waals surface area contributed by atoms with Gasteiger partial charge in [0.2, 0.25) is 5.91 Å². The summed E-state index contributed by atoms with van der Waals surface area (Å²) in [5.41, 5.74) is 2.78. The number of aromatic nitrogens is 1. The Bertz CT molecular complexity index is 704. The summed E-state index contributed by atoms with van der Waals surface area (Å²) in [7, 11) is 0. The lowest BCUT2D eigenvalue weighted by Crippen LogP contribution is -2.30. The molecule has 0 aliphatic carbocycles. The highest BCUT2D eigenvalue weighted by molar-refractivity contribution is 5.94. The van der Waals surface area contributed by atoms with Crippen molar-refractivity contribution < 1.29 is 9.59 Å². The van der Waals surface area contributed by atoms with Gasteiger partial charge in [0.15, 0.2) is 0 Å². The number of nitrogens with one attached hydrogen (secondary N) is 2. The van der Waals surface area contributed by atoms with E-state index in [2.05, 4.69) is 36.4 Å². The van der Waals surface area contributed by atoms with E-state index < -0.39 is 0 Å². The Morgan fingerprint density at radius 2 is 1.76 bits per heavy atom. The van der Waals surface area contributed by atoms with E-state index in [0.29, 0.717) is 18.7 Å². The van der Waals surface area contributed by atoms with Gasteiger partial charge in [-0.2, -0.15) is 0 Å². The number of amides is 2. The Kier molecular flexibility index (Phi) is 6.28. The monoisotopic (exact) mass is 339 g/mol. The molecule has 0 radical (unpaired) electrons. The molecular weight excluding hydrogens is 314 g/mol.